The van der Waals surface area contributed by atoms with Gasteiger partial charge in [-0.3, -0.25) is 4.79 Å². The molecule has 1 aromatic heterocycles. The first-order valence-corrected chi connectivity index (χ1v) is 12.9. The van der Waals surface area contributed by atoms with Crippen LogP contribution in [-0.4, -0.2) is 79.6 Å². The van der Waals surface area contributed by atoms with Crippen LogP contribution in [0, 0.1) is 0 Å². The Morgan fingerprint density at radius 2 is 1.88 bits per heavy atom. The van der Waals surface area contributed by atoms with Gasteiger partial charge in [0, 0.05) is 32.2 Å². The first-order valence-electron chi connectivity index (χ1n) is 10.6. The lowest BCUT2D eigenvalue weighted by Gasteiger charge is -2.31. The average Bonchev–Trinajstić information content (AvgIpc) is 2.81. The maximum absolute atomic E-state index is 13.3. The van der Waals surface area contributed by atoms with Crippen molar-refractivity contribution in [1.29, 1.82) is 0 Å². The predicted molar refractivity (Wildman–Crippen MR) is 131 cm³/mol. The molecular formula is C22H25BrN4O6S. The summed E-state index contributed by atoms with van der Waals surface area (Å²) in [6.07, 6.45) is 0. The van der Waals surface area contributed by atoms with Gasteiger partial charge in [-0.15, -0.1) is 0 Å². The first-order chi connectivity index (χ1) is 16.2. The second-order valence-electron chi connectivity index (χ2n) is 7.85. The van der Waals surface area contributed by atoms with E-state index in [0.717, 1.165) is 0 Å². The molecule has 1 aliphatic rings. The number of likely N-dealkylation sites (N-methyl/N-ethyl adjacent to an activating group) is 1. The van der Waals surface area contributed by atoms with Crippen LogP contribution in [0.4, 0.5) is 0 Å². The number of sulfonamides is 1. The molecule has 2 aromatic carbocycles. The Kier molecular flexibility index (Phi) is 6.85. The molecule has 12 heteroatoms. The number of hydrogen-bond acceptors (Lipinski definition) is 8. The third kappa shape index (κ3) is 4.38. The second kappa shape index (κ2) is 9.53. The largest absolute Gasteiger partial charge is 0.507 e. The van der Waals surface area contributed by atoms with Crippen molar-refractivity contribution in [2.24, 2.45) is 0 Å². The van der Waals surface area contributed by atoms with Crippen LogP contribution in [0.15, 0.2) is 38.4 Å². The van der Waals surface area contributed by atoms with E-state index in [0.29, 0.717) is 54.3 Å². The van der Waals surface area contributed by atoms with Gasteiger partial charge in [0.2, 0.25) is 10.0 Å². The zero-order valence-corrected chi connectivity index (χ0v) is 21.4. The molecule has 0 atom stereocenters. The summed E-state index contributed by atoms with van der Waals surface area (Å²) in [6.45, 7) is 4.18. The molecule has 182 valence electrons. The zero-order valence-electron chi connectivity index (χ0n) is 19.0. The molecule has 1 saturated heterocycles. The first kappa shape index (κ1) is 24.5. The summed E-state index contributed by atoms with van der Waals surface area (Å²) in [5.41, 5.74) is -0.105. The molecule has 10 nitrogen and oxygen atoms in total. The third-order valence-electron chi connectivity index (χ3n) is 5.69. The van der Waals surface area contributed by atoms with Crippen molar-refractivity contribution in [2.75, 3.05) is 46.9 Å². The summed E-state index contributed by atoms with van der Waals surface area (Å²) < 4.78 is 39.4. The number of methoxy groups -OCH3 is 1. The molecule has 0 radical (unpaired) electrons. The number of hydrogen-bond donors (Lipinski definition) is 2. The van der Waals surface area contributed by atoms with Crippen LogP contribution in [0.1, 0.15) is 6.92 Å². The Hall–Kier alpha value is -2.67. The van der Waals surface area contributed by atoms with Crippen LogP contribution >= 0.6 is 15.9 Å². The molecule has 0 spiro atoms. The van der Waals surface area contributed by atoms with Crippen LogP contribution in [-0.2, 0) is 10.0 Å². The monoisotopic (exact) mass is 552 g/mol. The molecule has 2 N–H and O–H groups in total. The minimum Gasteiger partial charge on any atom is -0.507 e. The number of phenols is 1. The van der Waals surface area contributed by atoms with Crippen LogP contribution in [0.2, 0.25) is 0 Å². The average molecular weight is 553 g/mol. The number of nitrogens with zero attached hydrogens (tertiary/aromatic N) is 3. The minimum absolute atomic E-state index is 0.0180. The Morgan fingerprint density at radius 1 is 1.18 bits per heavy atom. The SMILES string of the molecule is CCOc1ccc(S(=O)(=O)N2CCN(C)CC2)cc1-c1nc2c(Br)c(OC)cc(O)c2c(=O)[nH]1. The third-order valence-corrected chi connectivity index (χ3v) is 8.35. The molecule has 0 bridgehead atoms. The number of fused-ring (bicyclic) bond motifs is 1. The highest BCUT2D eigenvalue weighted by molar-refractivity contribution is 9.10. The maximum atomic E-state index is 13.3. The molecule has 34 heavy (non-hydrogen) atoms. The van der Waals surface area contributed by atoms with E-state index >= 15 is 0 Å². The Morgan fingerprint density at radius 3 is 2.53 bits per heavy atom. The van der Waals surface area contributed by atoms with Crippen molar-refractivity contribution in [3.05, 3.63) is 39.1 Å². The maximum Gasteiger partial charge on any atom is 0.262 e. The minimum atomic E-state index is -3.76. The Labute approximate surface area is 205 Å². The molecule has 0 saturated carbocycles. The van der Waals surface area contributed by atoms with E-state index in [1.54, 1.807) is 13.0 Å². The lowest BCUT2D eigenvalue weighted by atomic mass is 10.1. The fraction of sp³-hybridized carbons (Fsp3) is 0.364. The molecule has 2 heterocycles. The summed E-state index contributed by atoms with van der Waals surface area (Å²) in [4.78, 5) is 22.2. The van der Waals surface area contributed by atoms with Gasteiger partial charge in [0.05, 0.1) is 34.2 Å². The predicted octanol–water partition coefficient (Wildman–Crippen LogP) is 2.40. The van der Waals surface area contributed by atoms with E-state index in [9.17, 15) is 18.3 Å². The van der Waals surface area contributed by atoms with E-state index in [-0.39, 0.29) is 27.4 Å². The smallest absolute Gasteiger partial charge is 0.262 e. The van der Waals surface area contributed by atoms with Crippen LogP contribution in [0.3, 0.4) is 0 Å². The van der Waals surface area contributed by atoms with Crippen molar-refractivity contribution in [2.45, 2.75) is 11.8 Å². The standard InChI is InChI=1S/C22H25BrN4O6S/c1-4-33-16-6-5-13(34(30,31)27-9-7-26(2)8-10-27)11-14(16)21-24-20-18(22(29)25-21)15(28)12-17(32-3)19(20)23/h5-6,11-12,28H,4,7-10H2,1-3H3,(H,24,25,29). The van der Waals surface area contributed by atoms with Crippen LogP contribution in [0.25, 0.3) is 22.3 Å². The van der Waals surface area contributed by atoms with Gasteiger partial charge in [-0.05, 0) is 48.1 Å². The van der Waals surface area contributed by atoms with Crippen molar-refractivity contribution >= 4 is 36.9 Å². The molecule has 0 amide bonds. The zero-order chi connectivity index (χ0) is 24.6. The van der Waals surface area contributed by atoms with Gasteiger partial charge in [-0.25, -0.2) is 13.4 Å². The van der Waals surface area contributed by atoms with E-state index in [1.807, 2.05) is 7.05 Å². The highest BCUT2D eigenvalue weighted by Gasteiger charge is 2.29. The second-order valence-corrected chi connectivity index (χ2v) is 10.6. The number of halogens is 1. The van der Waals surface area contributed by atoms with E-state index in [1.165, 1.54) is 29.6 Å². The van der Waals surface area contributed by atoms with Crippen molar-refractivity contribution in [3.63, 3.8) is 0 Å². The number of piperazine rings is 1. The lowest BCUT2D eigenvalue weighted by Crippen LogP contribution is -2.47. The Balaban J connectivity index is 1.90. The van der Waals surface area contributed by atoms with Gasteiger partial charge in [-0.2, -0.15) is 4.31 Å². The summed E-state index contributed by atoms with van der Waals surface area (Å²) in [6, 6.07) is 5.82. The quantitative estimate of drug-likeness (QED) is 0.477. The summed E-state index contributed by atoms with van der Waals surface area (Å²) >= 11 is 3.38. The fourth-order valence-electron chi connectivity index (χ4n) is 3.84. The molecule has 0 unspecified atom stereocenters. The molecular weight excluding hydrogens is 528 g/mol. The number of aromatic amines is 1. The molecule has 4 rings (SSSR count). The Bertz CT molecular complexity index is 1400. The molecule has 1 aliphatic heterocycles. The van der Waals surface area contributed by atoms with Crippen molar-refractivity contribution in [1.82, 2.24) is 19.2 Å². The number of benzene rings is 2. The van der Waals surface area contributed by atoms with Crippen LogP contribution in [0.5, 0.6) is 17.2 Å². The number of aromatic hydroxyl groups is 1. The van der Waals surface area contributed by atoms with E-state index in [2.05, 4.69) is 30.8 Å². The molecule has 1 fully saturated rings. The van der Waals surface area contributed by atoms with Gasteiger partial charge >= 0.3 is 0 Å². The van der Waals surface area contributed by atoms with Gasteiger partial charge < -0.3 is 24.5 Å². The van der Waals surface area contributed by atoms with Gasteiger partial charge in [0.25, 0.3) is 5.56 Å². The van der Waals surface area contributed by atoms with E-state index < -0.39 is 15.6 Å². The molecule has 3 aromatic rings. The normalized spacial score (nSPS) is 15.5. The fourth-order valence-corrected chi connectivity index (χ4v) is 5.85. The van der Waals surface area contributed by atoms with Gasteiger partial charge in [0.15, 0.2) is 0 Å². The number of phenolic OH excluding ortho intramolecular Hbond substituents is 1. The highest BCUT2D eigenvalue weighted by Crippen LogP contribution is 2.38. The molecule has 0 aliphatic carbocycles. The highest BCUT2D eigenvalue weighted by atomic mass is 79.9. The van der Waals surface area contributed by atoms with E-state index in [4.69, 9.17) is 9.47 Å². The number of aromatic nitrogens is 2. The van der Waals surface area contributed by atoms with Gasteiger partial charge in [0.1, 0.15) is 28.5 Å². The van der Waals surface area contributed by atoms with Crippen LogP contribution < -0.4 is 15.0 Å². The lowest BCUT2D eigenvalue weighted by molar-refractivity contribution is 0.222. The number of H-pyrrole nitrogens is 1. The topological polar surface area (TPSA) is 125 Å². The summed E-state index contributed by atoms with van der Waals surface area (Å²) in [5, 5.41) is 10.3. The summed E-state index contributed by atoms with van der Waals surface area (Å²) in [5.74, 6) is 0.479. The van der Waals surface area contributed by atoms with Gasteiger partial charge in [-0.1, -0.05) is 0 Å². The van der Waals surface area contributed by atoms with Crippen molar-refractivity contribution < 1.29 is 23.0 Å². The number of ether oxygens (including phenoxy) is 2. The number of nitrogens with one attached hydrogen (secondary N) is 1. The van der Waals surface area contributed by atoms with Crippen molar-refractivity contribution in [3.8, 4) is 28.6 Å². The summed E-state index contributed by atoms with van der Waals surface area (Å²) in [7, 11) is -0.384. The number of rotatable bonds is 6.